The second-order valence-corrected chi connectivity index (χ2v) is 6.33. The zero-order valence-corrected chi connectivity index (χ0v) is 11.1. The van der Waals surface area contributed by atoms with Gasteiger partial charge in [-0.1, -0.05) is 30.3 Å². The van der Waals surface area contributed by atoms with Crippen molar-refractivity contribution in [1.29, 1.82) is 0 Å². The molecular weight excluding hydrogens is 250 g/mol. The molecule has 0 bridgehead atoms. The Bertz CT molecular complexity index is 537. The Morgan fingerprint density at radius 2 is 2.17 bits per heavy atom. The number of benzene rings is 1. The minimum atomic E-state index is -2.98. The van der Waals surface area contributed by atoms with Crippen LogP contribution in [0.4, 0.5) is 0 Å². The highest BCUT2D eigenvalue weighted by Crippen LogP contribution is 2.10. The summed E-state index contributed by atoms with van der Waals surface area (Å²) < 4.78 is 27.6. The zero-order valence-electron chi connectivity index (χ0n) is 10.3. The van der Waals surface area contributed by atoms with Gasteiger partial charge in [-0.2, -0.15) is 0 Å². The van der Waals surface area contributed by atoms with Gasteiger partial charge in [0.25, 0.3) is 0 Å². The first-order valence-electron chi connectivity index (χ1n) is 5.80. The lowest BCUT2D eigenvalue weighted by atomic mass is 10.1. The molecule has 1 atom stereocenters. The summed E-state index contributed by atoms with van der Waals surface area (Å²) in [5.74, 6) is 0.158. The second-order valence-electron chi connectivity index (χ2n) is 4.40. The van der Waals surface area contributed by atoms with Gasteiger partial charge in [0.2, 0.25) is 0 Å². The van der Waals surface area contributed by atoms with Crippen molar-refractivity contribution < 1.29 is 13.2 Å². The number of methoxy groups -OCH3 is 1. The maximum Gasteiger partial charge on any atom is 0.173 e. The van der Waals surface area contributed by atoms with E-state index in [0.717, 1.165) is 11.1 Å². The fourth-order valence-electron chi connectivity index (χ4n) is 1.95. The molecule has 0 aromatic heterocycles. The summed E-state index contributed by atoms with van der Waals surface area (Å²) in [4.78, 5) is 0. The molecule has 0 saturated carbocycles. The summed E-state index contributed by atoms with van der Waals surface area (Å²) in [5.41, 5.74) is 2.24. The van der Waals surface area contributed by atoms with Crippen molar-refractivity contribution in [2.45, 2.75) is 19.2 Å². The predicted octanol–water partition coefficient (Wildman–Crippen LogP) is 1.23. The van der Waals surface area contributed by atoms with E-state index >= 15 is 0 Å². The Labute approximate surface area is 108 Å². The molecule has 1 N–H and O–H groups in total. The number of hydrogen-bond acceptors (Lipinski definition) is 4. The minimum Gasteiger partial charge on any atom is -0.380 e. The molecule has 18 heavy (non-hydrogen) atoms. The minimum absolute atomic E-state index is 0.0823. The Morgan fingerprint density at radius 1 is 1.39 bits per heavy atom. The molecule has 2 rings (SSSR count). The van der Waals surface area contributed by atoms with E-state index in [2.05, 4.69) is 11.4 Å². The van der Waals surface area contributed by atoms with E-state index in [0.29, 0.717) is 13.2 Å². The first-order chi connectivity index (χ1) is 8.59. The van der Waals surface area contributed by atoms with Crippen LogP contribution in [0, 0.1) is 0 Å². The number of rotatable bonds is 5. The fraction of sp³-hybridized carbons (Fsp3) is 0.385. The van der Waals surface area contributed by atoms with Gasteiger partial charge in [0, 0.05) is 25.1 Å². The van der Waals surface area contributed by atoms with Crippen LogP contribution in [-0.4, -0.2) is 27.3 Å². The molecule has 5 heteroatoms. The van der Waals surface area contributed by atoms with Gasteiger partial charge in [0.1, 0.15) is 0 Å². The third kappa shape index (κ3) is 3.66. The van der Waals surface area contributed by atoms with Crippen LogP contribution in [0.3, 0.4) is 0 Å². The average molecular weight is 267 g/mol. The molecule has 1 aliphatic heterocycles. The standard InChI is InChI=1S/C13H17NO3S/c1-17-9-12-4-2-3-11(7-12)8-14-13-5-6-18(15,16)10-13/h2-7,13-14H,8-10H2,1H3. The molecule has 0 fully saturated rings. The molecular formula is C13H17NO3S. The first kappa shape index (κ1) is 13.3. The highest BCUT2D eigenvalue weighted by Gasteiger charge is 2.20. The maximum atomic E-state index is 11.2. The molecule has 0 amide bonds. The fourth-order valence-corrected chi connectivity index (χ4v) is 3.22. The van der Waals surface area contributed by atoms with E-state index in [1.165, 1.54) is 5.41 Å². The predicted molar refractivity (Wildman–Crippen MR) is 70.7 cm³/mol. The third-order valence-corrected chi connectivity index (χ3v) is 4.20. The molecule has 1 heterocycles. The van der Waals surface area contributed by atoms with Crippen molar-refractivity contribution in [3.63, 3.8) is 0 Å². The Kier molecular flexibility index (Phi) is 4.16. The van der Waals surface area contributed by atoms with Crippen LogP contribution in [0.5, 0.6) is 0 Å². The van der Waals surface area contributed by atoms with Crippen LogP contribution in [-0.2, 0) is 27.7 Å². The number of hydrogen-bond donors (Lipinski definition) is 1. The van der Waals surface area contributed by atoms with Crippen LogP contribution in [0.15, 0.2) is 35.7 Å². The molecule has 98 valence electrons. The van der Waals surface area contributed by atoms with E-state index < -0.39 is 9.84 Å². The Balaban J connectivity index is 1.91. The van der Waals surface area contributed by atoms with Gasteiger partial charge in [-0.15, -0.1) is 0 Å². The summed E-state index contributed by atoms with van der Waals surface area (Å²) in [7, 11) is -1.31. The van der Waals surface area contributed by atoms with Gasteiger partial charge in [-0.05, 0) is 11.1 Å². The topological polar surface area (TPSA) is 55.4 Å². The molecule has 4 nitrogen and oxygen atoms in total. The number of sulfone groups is 1. The van der Waals surface area contributed by atoms with Crippen molar-refractivity contribution >= 4 is 9.84 Å². The summed E-state index contributed by atoms with van der Waals surface area (Å²) in [6, 6.07) is 7.98. The lowest BCUT2D eigenvalue weighted by Crippen LogP contribution is -2.29. The van der Waals surface area contributed by atoms with Gasteiger partial charge >= 0.3 is 0 Å². The SMILES string of the molecule is COCc1cccc(CNC2C=CS(=O)(=O)C2)c1. The average Bonchev–Trinajstić information content (AvgIpc) is 2.68. The lowest BCUT2D eigenvalue weighted by Gasteiger charge is -2.10. The van der Waals surface area contributed by atoms with Gasteiger partial charge in [-0.25, -0.2) is 8.42 Å². The van der Waals surface area contributed by atoms with E-state index in [4.69, 9.17) is 4.74 Å². The molecule has 0 radical (unpaired) electrons. The second kappa shape index (κ2) is 5.65. The van der Waals surface area contributed by atoms with Crippen molar-refractivity contribution in [2.75, 3.05) is 12.9 Å². The van der Waals surface area contributed by atoms with E-state index in [9.17, 15) is 8.42 Å². The molecule has 1 unspecified atom stereocenters. The zero-order chi connectivity index (χ0) is 13.0. The maximum absolute atomic E-state index is 11.2. The summed E-state index contributed by atoms with van der Waals surface area (Å²) >= 11 is 0. The first-order valence-corrected chi connectivity index (χ1v) is 7.52. The van der Waals surface area contributed by atoms with Gasteiger partial charge < -0.3 is 10.1 Å². The third-order valence-electron chi connectivity index (χ3n) is 2.80. The molecule has 0 aliphatic carbocycles. The van der Waals surface area contributed by atoms with Crippen molar-refractivity contribution in [3.8, 4) is 0 Å². The van der Waals surface area contributed by atoms with E-state index in [-0.39, 0.29) is 11.8 Å². The Morgan fingerprint density at radius 3 is 2.83 bits per heavy atom. The van der Waals surface area contributed by atoms with Gasteiger partial charge in [0.15, 0.2) is 9.84 Å². The molecule has 1 aromatic rings. The highest BCUT2D eigenvalue weighted by atomic mass is 32.2. The van der Waals surface area contributed by atoms with Crippen LogP contribution in [0.1, 0.15) is 11.1 Å². The summed E-state index contributed by atoms with van der Waals surface area (Å²) in [6.45, 7) is 1.24. The van der Waals surface area contributed by atoms with Crippen LogP contribution >= 0.6 is 0 Å². The monoisotopic (exact) mass is 267 g/mol. The molecule has 0 spiro atoms. The quantitative estimate of drug-likeness (QED) is 0.872. The summed E-state index contributed by atoms with van der Waals surface area (Å²) in [5, 5.41) is 4.50. The van der Waals surface area contributed by atoms with Gasteiger partial charge in [-0.3, -0.25) is 0 Å². The van der Waals surface area contributed by atoms with Gasteiger partial charge in [0.05, 0.1) is 12.4 Å². The molecule has 1 aromatic carbocycles. The summed E-state index contributed by atoms with van der Waals surface area (Å²) in [6.07, 6.45) is 1.70. The number of ether oxygens (including phenoxy) is 1. The Hall–Kier alpha value is -1.17. The number of nitrogens with one attached hydrogen (secondary N) is 1. The van der Waals surface area contributed by atoms with E-state index in [1.54, 1.807) is 13.2 Å². The van der Waals surface area contributed by atoms with Crippen LogP contribution < -0.4 is 5.32 Å². The van der Waals surface area contributed by atoms with Crippen molar-refractivity contribution in [3.05, 3.63) is 46.9 Å². The molecule has 1 aliphatic rings. The van der Waals surface area contributed by atoms with Crippen molar-refractivity contribution in [1.82, 2.24) is 5.32 Å². The lowest BCUT2D eigenvalue weighted by molar-refractivity contribution is 0.185. The van der Waals surface area contributed by atoms with Crippen LogP contribution in [0.25, 0.3) is 0 Å². The van der Waals surface area contributed by atoms with E-state index in [1.807, 2.05) is 18.2 Å². The van der Waals surface area contributed by atoms with Crippen LogP contribution in [0.2, 0.25) is 0 Å². The smallest absolute Gasteiger partial charge is 0.173 e. The largest absolute Gasteiger partial charge is 0.380 e. The highest BCUT2D eigenvalue weighted by molar-refractivity contribution is 7.94. The van der Waals surface area contributed by atoms with Crippen molar-refractivity contribution in [2.24, 2.45) is 0 Å². The normalized spacial score (nSPS) is 21.3. The molecule has 0 saturated heterocycles.